The van der Waals surface area contributed by atoms with Gasteiger partial charge in [0.1, 0.15) is 0 Å². The molecule has 1 fully saturated rings. The normalized spacial score (nSPS) is 17.7. The van der Waals surface area contributed by atoms with E-state index in [1.165, 1.54) is 4.90 Å². The van der Waals surface area contributed by atoms with E-state index in [1.54, 1.807) is 11.8 Å². The molecule has 1 amide bonds. The molecule has 3 nitrogen and oxygen atoms in total. The number of carbonyl (C=O) groups excluding carboxylic acids is 1. The zero-order valence-electron chi connectivity index (χ0n) is 11.7. The van der Waals surface area contributed by atoms with Gasteiger partial charge in [-0.05, 0) is 50.2 Å². The summed E-state index contributed by atoms with van der Waals surface area (Å²) >= 11 is 5.23. The van der Waals surface area contributed by atoms with Crippen molar-refractivity contribution in [2.45, 2.75) is 29.9 Å². The number of carbonyl (C=O) groups is 1. The van der Waals surface area contributed by atoms with Crippen molar-refractivity contribution >= 4 is 33.6 Å². The maximum atomic E-state index is 12.0. The third-order valence-electron chi connectivity index (χ3n) is 3.42. The zero-order valence-corrected chi connectivity index (χ0v) is 14.1. The second-order valence-corrected chi connectivity index (χ2v) is 7.58. The van der Waals surface area contributed by atoms with Gasteiger partial charge in [-0.15, -0.1) is 11.8 Å². The summed E-state index contributed by atoms with van der Waals surface area (Å²) in [5, 5.41) is 6.75. The van der Waals surface area contributed by atoms with Crippen molar-refractivity contribution < 1.29 is 4.79 Å². The second-order valence-electron chi connectivity index (χ2n) is 5.15. The Morgan fingerprint density at radius 2 is 2.05 bits per heavy atom. The highest BCUT2D eigenvalue weighted by molar-refractivity contribution is 9.10. The van der Waals surface area contributed by atoms with E-state index in [9.17, 15) is 4.79 Å². The SMILES string of the molecule is CC(CNC(=O)C1CCNCC1)Sc1ccc(Br)cc1. The summed E-state index contributed by atoms with van der Waals surface area (Å²) in [6, 6.07) is 8.28. The number of benzene rings is 1. The first kappa shape index (κ1) is 15.9. The molecule has 1 aliphatic rings. The molecule has 0 spiro atoms. The molecule has 2 rings (SSSR count). The fraction of sp³-hybridized carbons (Fsp3) is 0.533. The number of piperidine rings is 1. The number of rotatable bonds is 5. The lowest BCUT2D eigenvalue weighted by Gasteiger charge is -2.22. The lowest BCUT2D eigenvalue weighted by molar-refractivity contribution is -0.125. The highest BCUT2D eigenvalue weighted by Gasteiger charge is 2.20. The Balaban J connectivity index is 1.72. The standard InChI is InChI=1S/C15H21BrN2OS/c1-11(20-14-4-2-13(16)3-5-14)10-18-15(19)12-6-8-17-9-7-12/h2-5,11-12,17H,6-10H2,1H3,(H,18,19). The van der Waals surface area contributed by atoms with Crippen molar-refractivity contribution in [3.8, 4) is 0 Å². The van der Waals surface area contributed by atoms with Gasteiger partial charge < -0.3 is 10.6 Å². The average Bonchev–Trinajstić information content (AvgIpc) is 2.48. The second kappa shape index (κ2) is 8.05. The molecule has 1 aromatic carbocycles. The van der Waals surface area contributed by atoms with Gasteiger partial charge in [0.25, 0.3) is 0 Å². The molecule has 0 bridgehead atoms. The number of amides is 1. The minimum Gasteiger partial charge on any atom is -0.355 e. The van der Waals surface area contributed by atoms with Crippen LogP contribution in [0.15, 0.2) is 33.6 Å². The van der Waals surface area contributed by atoms with Crippen molar-refractivity contribution in [2.75, 3.05) is 19.6 Å². The third kappa shape index (κ3) is 5.11. The van der Waals surface area contributed by atoms with Gasteiger partial charge in [-0.1, -0.05) is 22.9 Å². The van der Waals surface area contributed by atoms with Crippen molar-refractivity contribution in [1.82, 2.24) is 10.6 Å². The van der Waals surface area contributed by atoms with Crippen LogP contribution in [0.25, 0.3) is 0 Å². The van der Waals surface area contributed by atoms with Crippen LogP contribution in [-0.2, 0) is 4.79 Å². The Bertz CT molecular complexity index is 432. The molecule has 1 aliphatic heterocycles. The molecule has 2 N–H and O–H groups in total. The number of nitrogens with one attached hydrogen (secondary N) is 2. The molecule has 0 aromatic heterocycles. The van der Waals surface area contributed by atoms with Crippen molar-refractivity contribution in [1.29, 1.82) is 0 Å². The van der Waals surface area contributed by atoms with Crippen molar-refractivity contribution in [3.63, 3.8) is 0 Å². The van der Waals surface area contributed by atoms with Crippen LogP contribution in [-0.4, -0.2) is 30.8 Å². The predicted octanol–water partition coefficient (Wildman–Crippen LogP) is 3.05. The molecule has 1 atom stereocenters. The van der Waals surface area contributed by atoms with E-state index in [1.807, 2.05) is 12.1 Å². The van der Waals surface area contributed by atoms with E-state index in [4.69, 9.17) is 0 Å². The fourth-order valence-electron chi connectivity index (χ4n) is 2.26. The molecule has 1 aromatic rings. The van der Waals surface area contributed by atoms with E-state index in [0.29, 0.717) is 5.25 Å². The van der Waals surface area contributed by atoms with E-state index in [-0.39, 0.29) is 11.8 Å². The number of hydrogen-bond donors (Lipinski definition) is 2. The lowest BCUT2D eigenvalue weighted by Crippen LogP contribution is -2.40. The maximum Gasteiger partial charge on any atom is 0.223 e. The van der Waals surface area contributed by atoms with Crippen LogP contribution in [0, 0.1) is 5.92 Å². The minimum atomic E-state index is 0.195. The van der Waals surface area contributed by atoms with Gasteiger partial charge in [0, 0.05) is 27.1 Å². The Hall–Kier alpha value is -0.520. The van der Waals surface area contributed by atoms with Crippen LogP contribution in [0.5, 0.6) is 0 Å². The quantitative estimate of drug-likeness (QED) is 0.796. The molecule has 0 aliphatic carbocycles. The fourth-order valence-corrected chi connectivity index (χ4v) is 3.45. The topological polar surface area (TPSA) is 41.1 Å². The van der Waals surface area contributed by atoms with Crippen molar-refractivity contribution in [3.05, 3.63) is 28.7 Å². The molecule has 0 saturated carbocycles. The summed E-state index contributed by atoms with van der Waals surface area (Å²) in [7, 11) is 0. The molecular formula is C15H21BrN2OS. The maximum absolute atomic E-state index is 12.0. The lowest BCUT2D eigenvalue weighted by atomic mass is 9.97. The van der Waals surface area contributed by atoms with Gasteiger partial charge in [0.05, 0.1) is 0 Å². The highest BCUT2D eigenvalue weighted by Crippen LogP contribution is 2.24. The summed E-state index contributed by atoms with van der Waals surface area (Å²) in [6.07, 6.45) is 1.92. The summed E-state index contributed by atoms with van der Waals surface area (Å²) in [4.78, 5) is 13.3. The van der Waals surface area contributed by atoms with Crippen LogP contribution in [0.4, 0.5) is 0 Å². The van der Waals surface area contributed by atoms with Gasteiger partial charge in [0.15, 0.2) is 0 Å². The van der Waals surface area contributed by atoms with Crippen LogP contribution in [0.1, 0.15) is 19.8 Å². The molecule has 20 heavy (non-hydrogen) atoms. The van der Waals surface area contributed by atoms with Crippen LogP contribution in [0.2, 0.25) is 0 Å². The Kier molecular flexibility index (Phi) is 6.39. The molecular weight excluding hydrogens is 336 g/mol. The van der Waals surface area contributed by atoms with Gasteiger partial charge in [-0.25, -0.2) is 0 Å². The van der Waals surface area contributed by atoms with E-state index in [0.717, 1.165) is 36.9 Å². The van der Waals surface area contributed by atoms with Gasteiger partial charge in [-0.3, -0.25) is 4.79 Å². The predicted molar refractivity (Wildman–Crippen MR) is 88.1 cm³/mol. The smallest absolute Gasteiger partial charge is 0.223 e. The average molecular weight is 357 g/mol. The van der Waals surface area contributed by atoms with Crippen molar-refractivity contribution in [2.24, 2.45) is 5.92 Å². The zero-order chi connectivity index (χ0) is 14.4. The Morgan fingerprint density at radius 3 is 2.70 bits per heavy atom. The molecule has 1 heterocycles. The highest BCUT2D eigenvalue weighted by atomic mass is 79.9. The van der Waals surface area contributed by atoms with E-state index < -0.39 is 0 Å². The van der Waals surface area contributed by atoms with Gasteiger partial charge in [-0.2, -0.15) is 0 Å². The number of thioether (sulfide) groups is 1. The Labute approximate surface area is 133 Å². The molecule has 0 radical (unpaired) electrons. The summed E-state index contributed by atoms with van der Waals surface area (Å²) in [5.74, 6) is 0.413. The minimum absolute atomic E-state index is 0.195. The summed E-state index contributed by atoms with van der Waals surface area (Å²) in [5.41, 5.74) is 0. The molecule has 5 heteroatoms. The number of halogens is 1. The first-order chi connectivity index (χ1) is 9.65. The van der Waals surface area contributed by atoms with Crippen LogP contribution >= 0.6 is 27.7 Å². The molecule has 1 unspecified atom stereocenters. The van der Waals surface area contributed by atoms with Crippen LogP contribution < -0.4 is 10.6 Å². The first-order valence-corrected chi connectivity index (χ1v) is 8.73. The molecule has 110 valence electrons. The van der Waals surface area contributed by atoms with E-state index in [2.05, 4.69) is 45.6 Å². The van der Waals surface area contributed by atoms with E-state index >= 15 is 0 Å². The first-order valence-electron chi connectivity index (χ1n) is 7.06. The summed E-state index contributed by atoms with van der Waals surface area (Å²) < 4.78 is 1.09. The monoisotopic (exact) mass is 356 g/mol. The Morgan fingerprint density at radius 1 is 1.40 bits per heavy atom. The summed E-state index contributed by atoms with van der Waals surface area (Å²) in [6.45, 7) is 4.79. The largest absolute Gasteiger partial charge is 0.355 e. The third-order valence-corrected chi connectivity index (χ3v) is 5.07. The molecule has 1 saturated heterocycles. The van der Waals surface area contributed by atoms with Gasteiger partial charge >= 0.3 is 0 Å². The number of hydrogen-bond acceptors (Lipinski definition) is 3. The van der Waals surface area contributed by atoms with Gasteiger partial charge in [0.2, 0.25) is 5.91 Å². The van der Waals surface area contributed by atoms with Crippen LogP contribution in [0.3, 0.4) is 0 Å².